The lowest BCUT2D eigenvalue weighted by Gasteiger charge is -2.34. The quantitative estimate of drug-likeness (QED) is 0.462. The molecule has 2 N–H and O–H groups in total. The monoisotopic (exact) mass is 444 g/mol. The second kappa shape index (κ2) is 9.38. The fraction of sp³-hybridized carbons (Fsp3) is 0.444. The molecule has 1 fully saturated rings. The van der Waals surface area contributed by atoms with E-state index < -0.39 is 0 Å². The van der Waals surface area contributed by atoms with Gasteiger partial charge in [0.2, 0.25) is 0 Å². The van der Waals surface area contributed by atoms with Gasteiger partial charge in [-0.2, -0.15) is 0 Å². The largest absolute Gasteiger partial charge is 0.370 e. The lowest BCUT2D eigenvalue weighted by molar-refractivity contribution is 0.287. The Morgan fingerprint density at radius 3 is 2.73 bits per heavy atom. The van der Waals surface area contributed by atoms with E-state index in [2.05, 4.69) is 65.0 Å². The van der Waals surface area contributed by atoms with Crippen LogP contribution in [-0.4, -0.2) is 44.4 Å². The molecule has 6 nitrogen and oxygen atoms in total. The third-order valence-corrected chi connectivity index (χ3v) is 6.37. The Bertz CT molecular complexity index is 1100. The Balaban J connectivity index is 1.59. The van der Waals surface area contributed by atoms with Crippen LogP contribution in [0.15, 0.2) is 64.9 Å². The predicted octanol–water partition coefficient (Wildman–Crippen LogP) is 5.96. The van der Waals surface area contributed by atoms with Crippen molar-refractivity contribution in [3.8, 4) is 0 Å². The number of hydrogen-bond donors (Lipinski definition) is 2. The molecule has 1 aromatic rings. The summed E-state index contributed by atoms with van der Waals surface area (Å²) in [5.74, 6) is 1.65. The number of aryl methyl sites for hydroxylation is 1. The number of amidine groups is 1. The SMILES string of the molecule is CC/C=C1/C=C(C(=N)/C=C(/C)c2ncc(C)[nH]2)N=C2C=CC(N(CCC)CC3(C)CC3)=CN21. The van der Waals surface area contributed by atoms with Gasteiger partial charge in [0.25, 0.3) is 0 Å². The summed E-state index contributed by atoms with van der Waals surface area (Å²) < 4.78 is 0. The number of H-pyrrole nitrogens is 1. The van der Waals surface area contributed by atoms with Crippen LogP contribution in [-0.2, 0) is 0 Å². The number of imidazole rings is 1. The first kappa shape index (κ1) is 23.0. The van der Waals surface area contributed by atoms with Gasteiger partial charge in [-0.25, -0.2) is 9.98 Å². The average Bonchev–Trinajstić information content (AvgIpc) is 3.35. The van der Waals surface area contributed by atoms with Gasteiger partial charge in [-0.05, 0) is 74.8 Å². The van der Waals surface area contributed by atoms with Gasteiger partial charge < -0.3 is 14.8 Å². The van der Waals surface area contributed by atoms with Crippen molar-refractivity contribution in [1.82, 2.24) is 19.8 Å². The standard InChI is InChI=1S/C27H36N6/c1-6-8-21-15-24(23(28)14-19(3)26-29-16-20(4)30-26)31-25-10-9-22(17-33(21)25)32(13-7-2)18-27(5)11-12-27/h8-10,14-17,28H,6-7,11-13,18H2,1-5H3,(H,29,30)/b19-14-,21-8-,28-23?. The van der Waals surface area contributed by atoms with E-state index in [0.29, 0.717) is 16.8 Å². The molecule has 3 heterocycles. The molecule has 2 aliphatic heterocycles. The highest BCUT2D eigenvalue weighted by molar-refractivity contribution is 6.13. The molecule has 0 bridgehead atoms. The van der Waals surface area contributed by atoms with Crippen LogP contribution in [0.4, 0.5) is 0 Å². The van der Waals surface area contributed by atoms with Crippen molar-refractivity contribution >= 4 is 17.1 Å². The van der Waals surface area contributed by atoms with Gasteiger partial charge in [-0.3, -0.25) is 5.41 Å². The third kappa shape index (κ3) is 5.27. The van der Waals surface area contributed by atoms with Crippen molar-refractivity contribution in [2.75, 3.05) is 13.1 Å². The summed E-state index contributed by atoms with van der Waals surface area (Å²) >= 11 is 0. The molecular formula is C27H36N6. The van der Waals surface area contributed by atoms with Crippen molar-refractivity contribution < 1.29 is 0 Å². The molecule has 0 saturated heterocycles. The maximum atomic E-state index is 8.68. The predicted molar refractivity (Wildman–Crippen MR) is 137 cm³/mol. The van der Waals surface area contributed by atoms with Gasteiger partial charge in [0, 0.05) is 36.9 Å². The van der Waals surface area contributed by atoms with Crippen LogP contribution >= 0.6 is 0 Å². The molecule has 1 aromatic heterocycles. The molecule has 1 saturated carbocycles. The van der Waals surface area contributed by atoms with E-state index in [9.17, 15) is 0 Å². The van der Waals surface area contributed by atoms with Gasteiger partial charge in [-0.15, -0.1) is 0 Å². The van der Waals surface area contributed by atoms with E-state index >= 15 is 0 Å². The first-order chi connectivity index (χ1) is 15.8. The van der Waals surface area contributed by atoms with Crippen LogP contribution in [0.3, 0.4) is 0 Å². The molecule has 0 unspecified atom stereocenters. The molecule has 4 rings (SSSR count). The van der Waals surface area contributed by atoms with E-state index in [4.69, 9.17) is 10.4 Å². The number of nitrogens with zero attached hydrogens (tertiary/aromatic N) is 4. The van der Waals surface area contributed by atoms with Crippen LogP contribution in [0.25, 0.3) is 5.57 Å². The maximum Gasteiger partial charge on any atom is 0.137 e. The lowest BCUT2D eigenvalue weighted by Crippen LogP contribution is -2.35. The van der Waals surface area contributed by atoms with Crippen LogP contribution in [0.2, 0.25) is 0 Å². The van der Waals surface area contributed by atoms with Gasteiger partial charge >= 0.3 is 0 Å². The Kier molecular flexibility index (Phi) is 6.54. The fourth-order valence-electron chi connectivity index (χ4n) is 4.21. The van der Waals surface area contributed by atoms with Crippen molar-refractivity contribution in [3.63, 3.8) is 0 Å². The molecule has 0 radical (unpaired) electrons. The summed E-state index contributed by atoms with van der Waals surface area (Å²) in [6.07, 6.45) is 19.0. The second-order valence-electron chi connectivity index (χ2n) is 9.68. The van der Waals surface area contributed by atoms with Gasteiger partial charge in [0.15, 0.2) is 0 Å². The van der Waals surface area contributed by atoms with Crippen molar-refractivity contribution in [2.45, 2.75) is 60.3 Å². The van der Waals surface area contributed by atoms with Gasteiger partial charge in [0.05, 0.1) is 17.1 Å². The number of aromatic amines is 1. The highest BCUT2D eigenvalue weighted by atomic mass is 15.2. The van der Waals surface area contributed by atoms with E-state index in [-0.39, 0.29) is 0 Å². The van der Waals surface area contributed by atoms with E-state index in [1.54, 1.807) is 6.20 Å². The van der Waals surface area contributed by atoms with Crippen molar-refractivity contribution in [3.05, 3.63) is 71.4 Å². The number of aromatic nitrogens is 2. The summed E-state index contributed by atoms with van der Waals surface area (Å²) in [5.41, 5.74) is 5.74. The van der Waals surface area contributed by atoms with Crippen LogP contribution in [0, 0.1) is 17.7 Å². The average molecular weight is 445 g/mol. The molecular weight excluding hydrogens is 408 g/mol. The number of allylic oxidation sites excluding steroid dienone is 5. The zero-order chi connectivity index (χ0) is 23.6. The topological polar surface area (TPSA) is 71.4 Å². The Labute approximate surface area is 197 Å². The Morgan fingerprint density at radius 2 is 2.09 bits per heavy atom. The summed E-state index contributed by atoms with van der Waals surface area (Å²) in [7, 11) is 0. The molecule has 1 aliphatic carbocycles. The molecule has 33 heavy (non-hydrogen) atoms. The minimum Gasteiger partial charge on any atom is -0.370 e. The molecule has 0 aromatic carbocycles. The summed E-state index contributed by atoms with van der Waals surface area (Å²) in [4.78, 5) is 17.1. The van der Waals surface area contributed by atoms with Crippen molar-refractivity contribution in [2.24, 2.45) is 10.4 Å². The van der Waals surface area contributed by atoms with Crippen LogP contribution in [0.1, 0.15) is 64.9 Å². The number of hydrogen-bond acceptors (Lipinski definition) is 5. The minimum absolute atomic E-state index is 0.383. The zero-order valence-electron chi connectivity index (χ0n) is 20.6. The molecule has 174 valence electrons. The minimum atomic E-state index is 0.383. The lowest BCUT2D eigenvalue weighted by atomic mass is 10.1. The maximum absolute atomic E-state index is 8.68. The Morgan fingerprint density at radius 1 is 1.30 bits per heavy atom. The third-order valence-electron chi connectivity index (χ3n) is 6.37. The number of nitrogens with one attached hydrogen (secondary N) is 2. The summed E-state index contributed by atoms with van der Waals surface area (Å²) in [6, 6.07) is 0. The first-order valence-corrected chi connectivity index (χ1v) is 12.1. The van der Waals surface area contributed by atoms with Gasteiger partial charge in [0.1, 0.15) is 11.7 Å². The number of fused-ring (bicyclic) bond motifs is 1. The van der Waals surface area contributed by atoms with E-state index in [1.165, 1.54) is 18.5 Å². The van der Waals surface area contributed by atoms with Gasteiger partial charge in [-0.1, -0.05) is 26.8 Å². The molecule has 0 spiro atoms. The molecule has 3 aliphatic rings. The van der Waals surface area contributed by atoms with E-state index in [0.717, 1.165) is 54.6 Å². The fourth-order valence-corrected chi connectivity index (χ4v) is 4.21. The van der Waals surface area contributed by atoms with E-state index in [1.807, 2.05) is 26.0 Å². The smallest absolute Gasteiger partial charge is 0.137 e. The highest BCUT2D eigenvalue weighted by Gasteiger charge is 2.39. The highest BCUT2D eigenvalue weighted by Crippen LogP contribution is 2.46. The second-order valence-corrected chi connectivity index (χ2v) is 9.68. The molecule has 6 heteroatoms. The van der Waals surface area contributed by atoms with Crippen molar-refractivity contribution in [1.29, 1.82) is 5.41 Å². The summed E-state index contributed by atoms with van der Waals surface area (Å²) in [5, 5.41) is 8.68. The molecule has 0 amide bonds. The summed E-state index contributed by atoms with van der Waals surface area (Å²) in [6.45, 7) is 12.9. The van der Waals surface area contributed by atoms with Crippen LogP contribution in [0.5, 0.6) is 0 Å². The van der Waals surface area contributed by atoms with Crippen LogP contribution < -0.4 is 0 Å². The Hall–Kier alpha value is -3.15. The first-order valence-electron chi connectivity index (χ1n) is 12.1. The molecule has 0 atom stereocenters. The normalized spacial score (nSPS) is 20.3. The number of rotatable bonds is 9. The number of aliphatic imine (C=N–C) groups is 1. The zero-order valence-corrected chi connectivity index (χ0v) is 20.6.